The predicted octanol–water partition coefficient (Wildman–Crippen LogP) is 3.13. The Morgan fingerprint density at radius 1 is 1.32 bits per heavy atom. The normalized spacial score (nSPS) is 10.9. The van der Waals surface area contributed by atoms with Crippen molar-refractivity contribution < 1.29 is 0 Å². The zero-order valence-corrected chi connectivity index (χ0v) is 13.3. The summed E-state index contributed by atoms with van der Waals surface area (Å²) in [7, 11) is 1.98. The fourth-order valence-electron chi connectivity index (χ4n) is 2.18. The van der Waals surface area contributed by atoms with Crippen LogP contribution in [0.5, 0.6) is 0 Å². The molecule has 4 heteroatoms. The van der Waals surface area contributed by atoms with Crippen molar-refractivity contribution in [3.63, 3.8) is 0 Å². The number of rotatable bonds is 5. The molecule has 0 fully saturated rings. The first kappa shape index (κ1) is 14.3. The van der Waals surface area contributed by atoms with Crippen molar-refractivity contribution in [2.45, 2.75) is 26.8 Å². The number of hydrogen-bond acceptors (Lipinski definition) is 2. The Labute approximate surface area is 123 Å². The maximum absolute atomic E-state index is 4.39. The maximum Gasteiger partial charge on any atom is 0.0739 e. The summed E-state index contributed by atoms with van der Waals surface area (Å²) in [5.74, 6) is 0. The number of aromatic nitrogens is 2. The van der Waals surface area contributed by atoms with Gasteiger partial charge in [-0.25, -0.2) is 0 Å². The molecule has 0 unspecified atom stereocenters. The number of aryl methyl sites for hydroxylation is 3. The van der Waals surface area contributed by atoms with Gasteiger partial charge in [0.05, 0.1) is 15.9 Å². The molecule has 2 aromatic rings. The summed E-state index contributed by atoms with van der Waals surface area (Å²) in [5.41, 5.74) is 4.94. The fraction of sp³-hybridized carbons (Fsp3) is 0.400. The van der Waals surface area contributed by atoms with Gasteiger partial charge in [0.25, 0.3) is 0 Å². The number of halogens is 1. The Balaban J connectivity index is 1.84. The van der Waals surface area contributed by atoms with Crippen LogP contribution in [0.4, 0.5) is 0 Å². The summed E-state index contributed by atoms with van der Waals surface area (Å²) in [6, 6.07) is 8.67. The molecule has 0 aliphatic heterocycles. The van der Waals surface area contributed by atoms with E-state index in [1.165, 1.54) is 16.8 Å². The van der Waals surface area contributed by atoms with Crippen LogP contribution >= 0.6 is 15.9 Å². The first-order valence-corrected chi connectivity index (χ1v) is 7.31. The Morgan fingerprint density at radius 2 is 2.11 bits per heavy atom. The van der Waals surface area contributed by atoms with Crippen molar-refractivity contribution in [2.24, 2.45) is 7.05 Å². The zero-order valence-electron chi connectivity index (χ0n) is 11.7. The largest absolute Gasteiger partial charge is 0.311 e. The van der Waals surface area contributed by atoms with E-state index in [-0.39, 0.29) is 0 Å². The molecule has 3 nitrogen and oxygen atoms in total. The van der Waals surface area contributed by atoms with Crippen LogP contribution in [-0.2, 0) is 20.0 Å². The van der Waals surface area contributed by atoms with E-state index in [0.29, 0.717) is 0 Å². The van der Waals surface area contributed by atoms with Crippen LogP contribution in [0.2, 0.25) is 0 Å². The summed E-state index contributed by atoms with van der Waals surface area (Å²) in [6.45, 7) is 5.96. The Hall–Kier alpha value is -1.13. The highest BCUT2D eigenvalue weighted by molar-refractivity contribution is 9.10. The first-order chi connectivity index (χ1) is 9.08. The van der Waals surface area contributed by atoms with Crippen molar-refractivity contribution >= 4 is 15.9 Å². The lowest BCUT2D eigenvalue weighted by atomic mass is 10.1. The van der Waals surface area contributed by atoms with Crippen molar-refractivity contribution in [1.82, 2.24) is 15.1 Å². The Kier molecular flexibility index (Phi) is 4.77. The van der Waals surface area contributed by atoms with Gasteiger partial charge in [-0.15, -0.1) is 0 Å². The lowest BCUT2D eigenvalue weighted by Gasteiger charge is -2.06. The first-order valence-electron chi connectivity index (χ1n) is 6.52. The summed E-state index contributed by atoms with van der Waals surface area (Å²) >= 11 is 3.58. The number of nitrogens with zero attached hydrogens (tertiary/aromatic N) is 2. The second kappa shape index (κ2) is 6.35. The molecule has 102 valence electrons. The molecule has 2 rings (SSSR count). The van der Waals surface area contributed by atoms with Gasteiger partial charge in [0.2, 0.25) is 0 Å². The molecule has 19 heavy (non-hydrogen) atoms. The summed E-state index contributed by atoms with van der Waals surface area (Å²) in [4.78, 5) is 0. The van der Waals surface area contributed by atoms with Crippen LogP contribution in [0.25, 0.3) is 0 Å². The number of benzene rings is 1. The van der Waals surface area contributed by atoms with Gasteiger partial charge in [-0.2, -0.15) is 5.10 Å². The monoisotopic (exact) mass is 321 g/mol. The van der Waals surface area contributed by atoms with Crippen LogP contribution in [0, 0.1) is 13.8 Å². The van der Waals surface area contributed by atoms with Gasteiger partial charge in [0.1, 0.15) is 0 Å². The van der Waals surface area contributed by atoms with Crippen molar-refractivity contribution in [3.8, 4) is 0 Å². The zero-order chi connectivity index (χ0) is 13.8. The average molecular weight is 322 g/mol. The highest BCUT2D eigenvalue weighted by Crippen LogP contribution is 2.19. The van der Waals surface area contributed by atoms with E-state index in [2.05, 4.69) is 57.5 Å². The fourth-order valence-corrected chi connectivity index (χ4v) is 2.66. The molecular weight excluding hydrogens is 302 g/mol. The van der Waals surface area contributed by atoms with Gasteiger partial charge in [0, 0.05) is 13.6 Å². The molecule has 0 aliphatic carbocycles. The van der Waals surface area contributed by atoms with Crippen molar-refractivity contribution in [2.75, 3.05) is 6.54 Å². The van der Waals surface area contributed by atoms with Crippen LogP contribution in [0.3, 0.4) is 0 Å². The van der Waals surface area contributed by atoms with Gasteiger partial charge >= 0.3 is 0 Å². The van der Waals surface area contributed by atoms with Crippen LogP contribution in [0.1, 0.15) is 22.5 Å². The summed E-state index contributed by atoms with van der Waals surface area (Å²) in [5, 5.41) is 7.86. The summed E-state index contributed by atoms with van der Waals surface area (Å²) < 4.78 is 3.04. The SMILES string of the molecule is Cc1cccc(CCNCc2c(Br)c(C)nn2C)c1. The van der Waals surface area contributed by atoms with E-state index >= 15 is 0 Å². The predicted molar refractivity (Wildman–Crippen MR) is 82.2 cm³/mol. The van der Waals surface area contributed by atoms with E-state index in [9.17, 15) is 0 Å². The minimum atomic E-state index is 0.837. The highest BCUT2D eigenvalue weighted by atomic mass is 79.9. The molecule has 0 atom stereocenters. The van der Waals surface area contributed by atoms with Gasteiger partial charge in [0.15, 0.2) is 0 Å². The van der Waals surface area contributed by atoms with Crippen molar-refractivity contribution in [1.29, 1.82) is 0 Å². The van der Waals surface area contributed by atoms with E-state index in [1.54, 1.807) is 0 Å². The standard InChI is InChI=1S/C15H20BrN3/c1-11-5-4-6-13(9-11)7-8-17-10-14-15(16)12(2)18-19(14)3/h4-6,9,17H,7-8,10H2,1-3H3. The Morgan fingerprint density at radius 3 is 2.74 bits per heavy atom. The van der Waals surface area contributed by atoms with E-state index in [0.717, 1.165) is 29.7 Å². The van der Waals surface area contributed by atoms with Crippen LogP contribution in [-0.4, -0.2) is 16.3 Å². The lowest BCUT2D eigenvalue weighted by molar-refractivity contribution is 0.623. The molecule has 0 saturated carbocycles. The molecule has 1 N–H and O–H groups in total. The molecule has 0 bridgehead atoms. The van der Waals surface area contributed by atoms with Gasteiger partial charge in [-0.05, 0) is 48.3 Å². The highest BCUT2D eigenvalue weighted by Gasteiger charge is 2.09. The van der Waals surface area contributed by atoms with Gasteiger partial charge in [-0.1, -0.05) is 29.8 Å². The van der Waals surface area contributed by atoms with Gasteiger partial charge in [-0.3, -0.25) is 4.68 Å². The maximum atomic E-state index is 4.39. The molecule has 1 heterocycles. The molecule has 0 spiro atoms. The minimum absolute atomic E-state index is 0.837. The molecule has 0 aliphatic rings. The second-order valence-electron chi connectivity index (χ2n) is 4.89. The molecule has 0 radical (unpaired) electrons. The second-order valence-corrected chi connectivity index (χ2v) is 5.68. The number of hydrogen-bond donors (Lipinski definition) is 1. The van der Waals surface area contributed by atoms with Crippen LogP contribution in [0.15, 0.2) is 28.7 Å². The summed E-state index contributed by atoms with van der Waals surface area (Å²) in [6.07, 6.45) is 1.05. The lowest BCUT2D eigenvalue weighted by Crippen LogP contribution is -2.18. The van der Waals surface area contributed by atoms with E-state index in [4.69, 9.17) is 0 Å². The van der Waals surface area contributed by atoms with E-state index in [1.807, 2.05) is 18.7 Å². The molecular formula is C15H20BrN3. The minimum Gasteiger partial charge on any atom is -0.311 e. The topological polar surface area (TPSA) is 29.9 Å². The molecule has 0 amide bonds. The third-order valence-electron chi connectivity index (χ3n) is 3.23. The third-order valence-corrected chi connectivity index (χ3v) is 4.26. The quantitative estimate of drug-likeness (QED) is 0.857. The van der Waals surface area contributed by atoms with Crippen LogP contribution < -0.4 is 5.32 Å². The third kappa shape index (κ3) is 3.67. The number of nitrogens with one attached hydrogen (secondary N) is 1. The smallest absolute Gasteiger partial charge is 0.0739 e. The Bertz CT molecular complexity index is 561. The van der Waals surface area contributed by atoms with Crippen molar-refractivity contribution in [3.05, 3.63) is 51.3 Å². The molecule has 0 saturated heterocycles. The van der Waals surface area contributed by atoms with E-state index < -0.39 is 0 Å². The molecule has 1 aromatic heterocycles. The average Bonchev–Trinajstić information content (AvgIpc) is 2.60. The molecule has 1 aromatic carbocycles. The van der Waals surface area contributed by atoms with Gasteiger partial charge < -0.3 is 5.32 Å².